The van der Waals surface area contributed by atoms with Gasteiger partial charge in [-0.05, 0) is 23.8 Å². The molecule has 7 nitrogen and oxygen atoms in total. The fraction of sp³-hybridized carbons (Fsp3) is 0.214. The predicted octanol–water partition coefficient (Wildman–Crippen LogP) is 0.470. The van der Waals surface area contributed by atoms with Crippen molar-refractivity contribution in [3.63, 3.8) is 0 Å². The molecular weight excluding hydrogens is 274 g/mol. The summed E-state index contributed by atoms with van der Waals surface area (Å²) in [6, 6.07) is 6.81. The number of nitrogens with one attached hydrogen (secondary N) is 2. The third-order valence-corrected chi connectivity index (χ3v) is 2.92. The number of H-pyrrole nitrogens is 1. The largest absolute Gasteiger partial charge is 0.508 e. The summed E-state index contributed by atoms with van der Waals surface area (Å²) in [6.07, 6.45) is 1.71. The Morgan fingerprint density at radius 3 is 2.52 bits per heavy atom. The van der Waals surface area contributed by atoms with Gasteiger partial charge in [0.05, 0.1) is 6.42 Å². The molecule has 0 saturated carbocycles. The monoisotopic (exact) mass is 289 g/mol. The number of aromatic nitrogens is 2. The molecule has 1 amide bonds. The number of nitrogens with zero attached hydrogens (tertiary/aromatic N) is 1. The molecular formula is C14H15N3O4. The molecule has 1 aromatic carbocycles. The van der Waals surface area contributed by atoms with Crippen LogP contribution in [0.2, 0.25) is 0 Å². The number of rotatable bonds is 6. The van der Waals surface area contributed by atoms with Crippen molar-refractivity contribution < 1.29 is 19.8 Å². The van der Waals surface area contributed by atoms with E-state index in [0.29, 0.717) is 11.3 Å². The highest BCUT2D eigenvalue weighted by molar-refractivity contribution is 5.84. The first-order chi connectivity index (χ1) is 10.0. The minimum atomic E-state index is -1.11. The van der Waals surface area contributed by atoms with Crippen LogP contribution in [0.4, 0.5) is 0 Å². The second kappa shape index (κ2) is 6.56. The zero-order valence-electron chi connectivity index (χ0n) is 11.1. The molecule has 21 heavy (non-hydrogen) atoms. The van der Waals surface area contributed by atoms with Crippen molar-refractivity contribution in [3.8, 4) is 5.75 Å². The maximum Gasteiger partial charge on any atom is 0.326 e. The van der Waals surface area contributed by atoms with Crippen LogP contribution in [0.25, 0.3) is 0 Å². The highest BCUT2D eigenvalue weighted by Gasteiger charge is 2.20. The SMILES string of the molecule is O=C(Cc1ccn[nH]1)NC(Cc1ccc(O)cc1)C(=O)O. The minimum Gasteiger partial charge on any atom is -0.508 e. The van der Waals surface area contributed by atoms with Gasteiger partial charge in [-0.25, -0.2) is 4.79 Å². The Labute approximate surface area is 120 Å². The van der Waals surface area contributed by atoms with Crippen molar-refractivity contribution in [1.82, 2.24) is 15.5 Å². The third-order valence-electron chi connectivity index (χ3n) is 2.92. The molecule has 1 atom stereocenters. The van der Waals surface area contributed by atoms with Crippen LogP contribution in [-0.2, 0) is 22.4 Å². The molecule has 0 fully saturated rings. The Hall–Kier alpha value is -2.83. The van der Waals surface area contributed by atoms with Gasteiger partial charge >= 0.3 is 5.97 Å². The molecule has 1 heterocycles. The van der Waals surface area contributed by atoms with E-state index >= 15 is 0 Å². The maximum absolute atomic E-state index is 11.8. The summed E-state index contributed by atoms with van der Waals surface area (Å²) in [5, 5.41) is 27.2. The first-order valence-corrected chi connectivity index (χ1v) is 6.33. The van der Waals surface area contributed by atoms with E-state index in [9.17, 15) is 19.8 Å². The number of carbonyl (C=O) groups is 2. The number of benzene rings is 1. The number of aromatic amines is 1. The second-order valence-electron chi connectivity index (χ2n) is 4.59. The van der Waals surface area contributed by atoms with Gasteiger partial charge in [-0.3, -0.25) is 9.89 Å². The summed E-state index contributed by atoms with van der Waals surface area (Å²) in [6.45, 7) is 0. The van der Waals surface area contributed by atoms with Crippen LogP contribution in [0.5, 0.6) is 5.75 Å². The lowest BCUT2D eigenvalue weighted by Crippen LogP contribution is -2.43. The Balaban J connectivity index is 1.97. The van der Waals surface area contributed by atoms with Gasteiger partial charge in [-0.1, -0.05) is 12.1 Å². The van der Waals surface area contributed by atoms with E-state index in [1.807, 2.05) is 0 Å². The molecule has 0 aliphatic rings. The predicted molar refractivity (Wildman–Crippen MR) is 73.7 cm³/mol. The number of aliphatic carboxylic acids is 1. The number of carbonyl (C=O) groups excluding carboxylic acids is 1. The van der Waals surface area contributed by atoms with E-state index < -0.39 is 17.9 Å². The van der Waals surface area contributed by atoms with Crippen LogP contribution in [-0.4, -0.2) is 38.3 Å². The Morgan fingerprint density at radius 1 is 1.24 bits per heavy atom. The minimum absolute atomic E-state index is 0.0410. The molecule has 1 aromatic heterocycles. The average molecular weight is 289 g/mol. The van der Waals surface area contributed by atoms with Gasteiger partial charge < -0.3 is 15.5 Å². The summed E-state index contributed by atoms with van der Waals surface area (Å²) in [4.78, 5) is 23.0. The lowest BCUT2D eigenvalue weighted by molar-refractivity contribution is -0.141. The number of phenols is 1. The first kappa shape index (κ1) is 14.6. The van der Waals surface area contributed by atoms with Crippen LogP contribution >= 0.6 is 0 Å². The first-order valence-electron chi connectivity index (χ1n) is 6.33. The van der Waals surface area contributed by atoms with E-state index in [0.717, 1.165) is 0 Å². The van der Waals surface area contributed by atoms with E-state index in [2.05, 4.69) is 15.5 Å². The van der Waals surface area contributed by atoms with Crippen molar-refractivity contribution >= 4 is 11.9 Å². The Bertz CT molecular complexity index is 608. The second-order valence-corrected chi connectivity index (χ2v) is 4.59. The molecule has 0 aliphatic heterocycles. The fourth-order valence-electron chi connectivity index (χ4n) is 1.87. The quantitative estimate of drug-likeness (QED) is 0.617. The van der Waals surface area contributed by atoms with Crippen molar-refractivity contribution in [1.29, 1.82) is 0 Å². The average Bonchev–Trinajstić information content (AvgIpc) is 2.93. The summed E-state index contributed by atoms with van der Waals surface area (Å²) in [5.74, 6) is -1.40. The van der Waals surface area contributed by atoms with Gasteiger partial charge in [0.15, 0.2) is 0 Å². The number of carboxylic acids is 1. The number of hydrogen-bond donors (Lipinski definition) is 4. The number of aromatic hydroxyl groups is 1. The van der Waals surface area contributed by atoms with Crippen LogP contribution in [0.1, 0.15) is 11.3 Å². The maximum atomic E-state index is 11.8. The van der Waals surface area contributed by atoms with Crippen molar-refractivity contribution in [2.24, 2.45) is 0 Å². The molecule has 110 valence electrons. The molecule has 0 bridgehead atoms. The van der Waals surface area contributed by atoms with Gasteiger partial charge in [0, 0.05) is 18.3 Å². The molecule has 7 heteroatoms. The molecule has 2 rings (SSSR count). The summed E-state index contributed by atoms with van der Waals surface area (Å²) in [7, 11) is 0. The molecule has 0 aliphatic carbocycles. The summed E-state index contributed by atoms with van der Waals surface area (Å²) in [5.41, 5.74) is 1.32. The number of hydrogen-bond acceptors (Lipinski definition) is 4. The van der Waals surface area contributed by atoms with Crippen LogP contribution < -0.4 is 5.32 Å². The standard InChI is InChI=1S/C14H15N3O4/c18-11-3-1-9(2-4-11)7-12(14(20)21)16-13(19)8-10-5-6-15-17-10/h1-6,12,18H,7-8H2,(H,15,17)(H,16,19)(H,20,21). The van der Waals surface area contributed by atoms with E-state index in [1.54, 1.807) is 18.2 Å². The van der Waals surface area contributed by atoms with Gasteiger partial charge in [-0.2, -0.15) is 5.10 Å². The van der Waals surface area contributed by atoms with Crippen molar-refractivity contribution in [2.45, 2.75) is 18.9 Å². The lowest BCUT2D eigenvalue weighted by Gasteiger charge is -2.14. The highest BCUT2D eigenvalue weighted by Crippen LogP contribution is 2.11. The van der Waals surface area contributed by atoms with E-state index in [4.69, 9.17) is 0 Å². The van der Waals surface area contributed by atoms with Crippen molar-refractivity contribution in [3.05, 3.63) is 47.8 Å². The van der Waals surface area contributed by atoms with Gasteiger partial charge in [0.1, 0.15) is 11.8 Å². The van der Waals surface area contributed by atoms with E-state index in [1.165, 1.54) is 18.3 Å². The smallest absolute Gasteiger partial charge is 0.326 e. The number of amides is 1. The molecule has 0 spiro atoms. The molecule has 0 saturated heterocycles. The van der Waals surface area contributed by atoms with Crippen molar-refractivity contribution in [2.75, 3.05) is 0 Å². The molecule has 2 aromatic rings. The molecule has 1 unspecified atom stereocenters. The third kappa shape index (κ3) is 4.34. The zero-order chi connectivity index (χ0) is 15.2. The Kier molecular flexibility index (Phi) is 4.55. The molecule has 0 radical (unpaired) electrons. The Morgan fingerprint density at radius 2 is 1.95 bits per heavy atom. The topological polar surface area (TPSA) is 115 Å². The van der Waals surface area contributed by atoms with E-state index in [-0.39, 0.29) is 18.6 Å². The highest BCUT2D eigenvalue weighted by atomic mass is 16.4. The van der Waals surface area contributed by atoms with Gasteiger partial charge in [-0.15, -0.1) is 0 Å². The fourth-order valence-corrected chi connectivity index (χ4v) is 1.87. The normalized spacial score (nSPS) is 11.8. The summed E-state index contributed by atoms with van der Waals surface area (Å²) >= 11 is 0. The molecule has 4 N–H and O–H groups in total. The van der Waals surface area contributed by atoms with Crippen LogP contribution in [0.15, 0.2) is 36.5 Å². The van der Waals surface area contributed by atoms with Gasteiger partial charge in [0.2, 0.25) is 5.91 Å². The number of phenolic OH excluding ortho intramolecular Hbond substituents is 1. The van der Waals surface area contributed by atoms with Crippen LogP contribution in [0, 0.1) is 0 Å². The summed E-state index contributed by atoms with van der Waals surface area (Å²) < 4.78 is 0. The van der Waals surface area contributed by atoms with Crippen LogP contribution in [0.3, 0.4) is 0 Å². The lowest BCUT2D eigenvalue weighted by atomic mass is 10.1. The zero-order valence-corrected chi connectivity index (χ0v) is 11.1. The number of carboxylic acid groups (broad SMARTS) is 1. The van der Waals surface area contributed by atoms with Gasteiger partial charge in [0.25, 0.3) is 0 Å².